The molecule has 0 aliphatic carbocycles. The number of hydrogen-bond acceptors (Lipinski definition) is 1. The van der Waals surface area contributed by atoms with Gasteiger partial charge in [-0.2, -0.15) is 5.10 Å². The lowest BCUT2D eigenvalue weighted by Gasteiger charge is -1.98. The lowest BCUT2D eigenvalue weighted by Crippen LogP contribution is -1.84. The van der Waals surface area contributed by atoms with Gasteiger partial charge in [-0.25, -0.2) is 4.39 Å². The topological polar surface area (TPSA) is 28.7 Å². The highest BCUT2D eigenvalue weighted by molar-refractivity contribution is 9.13. The van der Waals surface area contributed by atoms with Crippen LogP contribution in [0.3, 0.4) is 0 Å². The number of hydrogen-bond donors (Lipinski definition) is 1. The molecule has 2 aromatic rings. The molecule has 0 amide bonds. The van der Waals surface area contributed by atoms with Crippen molar-refractivity contribution >= 4 is 31.9 Å². The zero-order chi connectivity index (χ0) is 10.1. The van der Waals surface area contributed by atoms with E-state index in [1.807, 2.05) is 0 Å². The van der Waals surface area contributed by atoms with Crippen LogP contribution in [0, 0.1) is 5.82 Å². The Kier molecular flexibility index (Phi) is 2.69. The van der Waals surface area contributed by atoms with Gasteiger partial charge in [0.15, 0.2) is 0 Å². The third-order valence-corrected chi connectivity index (χ3v) is 3.67. The number of nitrogens with one attached hydrogen (secondary N) is 1. The third-order valence-electron chi connectivity index (χ3n) is 1.80. The number of nitrogens with zero attached hydrogens (tertiary/aromatic N) is 1. The maximum Gasteiger partial charge on any atom is 0.132 e. The van der Waals surface area contributed by atoms with E-state index in [1.54, 1.807) is 18.2 Å². The van der Waals surface area contributed by atoms with Gasteiger partial charge in [0.25, 0.3) is 0 Å². The van der Waals surface area contributed by atoms with Gasteiger partial charge < -0.3 is 0 Å². The van der Waals surface area contributed by atoms with E-state index in [4.69, 9.17) is 0 Å². The number of benzene rings is 1. The van der Waals surface area contributed by atoms with E-state index in [1.165, 1.54) is 6.07 Å². The second-order valence-electron chi connectivity index (χ2n) is 2.68. The fourth-order valence-electron chi connectivity index (χ4n) is 1.14. The average Bonchev–Trinajstić information content (AvgIpc) is 2.49. The van der Waals surface area contributed by atoms with Gasteiger partial charge in [0.05, 0.1) is 4.47 Å². The van der Waals surface area contributed by atoms with E-state index < -0.39 is 0 Å². The van der Waals surface area contributed by atoms with Crippen LogP contribution in [0.15, 0.2) is 33.3 Å². The Morgan fingerprint density at radius 1 is 1.21 bits per heavy atom. The van der Waals surface area contributed by atoms with Crippen molar-refractivity contribution in [3.8, 4) is 11.3 Å². The summed E-state index contributed by atoms with van der Waals surface area (Å²) in [5.74, 6) is -0.285. The molecule has 1 N–H and O–H groups in total. The molecule has 0 fully saturated rings. The number of halogens is 3. The molecule has 0 aliphatic heterocycles. The van der Waals surface area contributed by atoms with E-state index in [0.29, 0.717) is 15.9 Å². The predicted molar refractivity (Wildman–Crippen MR) is 59.4 cm³/mol. The summed E-state index contributed by atoms with van der Waals surface area (Å²) in [6, 6.07) is 6.51. The molecule has 0 spiro atoms. The summed E-state index contributed by atoms with van der Waals surface area (Å²) in [7, 11) is 0. The molecule has 1 aromatic heterocycles. The highest BCUT2D eigenvalue weighted by Gasteiger charge is 2.13. The standard InChI is InChI=1S/C9H5Br2FN2/c10-7-8(13-14-9(7)11)5-3-1-2-4-6(5)12/h1-4H,(H,13,14). The number of aromatic nitrogens is 2. The second-order valence-corrected chi connectivity index (χ2v) is 4.27. The van der Waals surface area contributed by atoms with Crippen molar-refractivity contribution in [1.29, 1.82) is 0 Å². The SMILES string of the molecule is Fc1ccccc1-c1n[nH]c(Br)c1Br. The molecular weight excluding hydrogens is 315 g/mol. The maximum absolute atomic E-state index is 13.4. The minimum Gasteiger partial charge on any atom is -0.270 e. The Morgan fingerprint density at radius 3 is 2.50 bits per heavy atom. The van der Waals surface area contributed by atoms with Crippen LogP contribution >= 0.6 is 31.9 Å². The van der Waals surface area contributed by atoms with Crippen molar-refractivity contribution in [2.24, 2.45) is 0 Å². The summed E-state index contributed by atoms with van der Waals surface area (Å²) in [6.07, 6.45) is 0. The second kappa shape index (κ2) is 3.82. The van der Waals surface area contributed by atoms with Gasteiger partial charge in [-0.3, -0.25) is 5.10 Å². The van der Waals surface area contributed by atoms with Gasteiger partial charge >= 0.3 is 0 Å². The number of H-pyrrole nitrogens is 1. The Hall–Kier alpha value is -0.680. The molecule has 0 bridgehead atoms. The smallest absolute Gasteiger partial charge is 0.132 e. The van der Waals surface area contributed by atoms with Crippen LogP contribution in [0.5, 0.6) is 0 Å². The van der Waals surface area contributed by atoms with Gasteiger partial charge in [-0.05, 0) is 44.0 Å². The monoisotopic (exact) mass is 318 g/mol. The van der Waals surface area contributed by atoms with E-state index in [-0.39, 0.29) is 5.82 Å². The molecule has 5 heteroatoms. The normalized spacial score (nSPS) is 10.5. The van der Waals surface area contributed by atoms with Crippen LogP contribution < -0.4 is 0 Å². The van der Waals surface area contributed by atoms with Gasteiger partial charge in [-0.1, -0.05) is 12.1 Å². The first-order valence-electron chi connectivity index (χ1n) is 3.84. The van der Waals surface area contributed by atoms with Gasteiger partial charge in [0, 0.05) is 5.56 Å². The largest absolute Gasteiger partial charge is 0.270 e. The van der Waals surface area contributed by atoms with Crippen molar-refractivity contribution in [1.82, 2.24) is 10.2 Å². The number of rotatable bonds is 1. The molecular formula is C9H5Br2FN2. The molecule has 0 saturated carbocycles. The van der Waals surface area contributed by atoms with Crippen LogP contribution in [-0.2, 0) is 0 Å². The Balaban J connectivity index is 2.60. The fourth-order valence-corrected chi connectivity index (χ4v) is 1.81. The van der Waals surface area contributed by atoms with Gasteiger partial charge in [0.2, 0.25) is 0 Å². The fraction of sp³-hybridized carbons (Fsp3) is 0. The van der Waals surface area contributed by atoms with Gasteiger partial charge in [0.1, 0.15) is 16.1 Å². The highest BCUT2D eigenvalue weighted by atomic mass is 79.9. The summed E-state index contributed by atoms with van der Waals surface area (Å²) >= 11 is 6.56. The highest BCUT2D eigenvalue weighted by Crippen LogP contribution is 2.32. The lowest BCUT2D eigenvalue weighted by atomic mass is 10.1. The average molecular weight is 320 g/mol. The molecule has 0 unspecified atom stereocenters. The third kappa shape index (κ3) is 1.62. The van der Waals surface area contributed by atoms with E-state index >= 15 is 0 Å². The first-order chi connectivity index (χ1) is 6.70. The molecule has 0 saturated heterocycles. The lowest BCUT2D eigenvalue weighted by molar-refractivity contribution is 0.630. The molecule has 1 heterocycles. The molecule has 1 aromatic carbocycles. The number of aromatic amines is 1. The van der Waals surface area contributed by atoms with Crippen LogP contribution in [-0.4, -0.2) is 10.2 Å². The molecule has 0 atom stereocenters. The van der Waals surface area contributed by atoms with Crippen molar-refractivity contribution in [3.63, 3.8) is 0 Å². The Labute approximate surface area is 96.8 Å². The molecule has 14 heavy (non-hydrogen) atoms. The maximum atomic E-state index is 13.4. The zero-order valence-electron chi connectivity index (χ0n) is 6.89. The summed E-state index contributed by atoms with van der Waals surface area (Å²) in [5, 5.41) is 6.70. The molecule has 0 aliphatic rings. The van der Waals surface area contributed by atoms with Crippen LogP contribution in [0.25, 0.3) is 11.3 Å². The minimum atomic E-state index is -0.285. The first kappa shape index (κ1) is 9.86. The zero-order valence-corrected chi connectivity index (χ0v) is 10.1. The van der Waals surface area contributed by atoms with Gasteiger partial charge in [-0.15, -0.1) is 0 Å². The molecule has 2 nitrogen and oxygen atoms in total. The first-order valence-corrected chi connectivity index (χ1v) is 5.43. The van der Waals surface area contributed by atoms with Crippen LogP contribution in [0.2, 0.25) is 0 Å². The summed E-state index contributed by atoms with van der Waals surface area (Å²) < 4.78 is 14.8. The Bertz CT molecular complexity index is 468. The van der Waals surface area contributed by atoms with Crippen LogP contribution in [0.4, 0.5) is 4.39 Å². The van der Waals surface area contributed by atoms with Crippen molar-refractivity contribution < 1.29 is 4.39 Å². The minimum absolute atomic E-state index is 0.285. The Morgan fingerprint density at radius 2 is 1.93 bits per heavy atom. The molecule has 2 rings (SSSR count). The van der Waals surface area contributed by atoms with Crippen LogP contribution in [0.1, 0.15) is 0 Å². The molecule has 0 radical (unpaired) electrons. The molecule has 72 valence electrons. The van der Waals surface area contributed by atoms with Crippen molar-refractivity contribution in [2.75, 3.05) is 0 Å². The predicted octanol–water partition coefficient (Wildman–Crippen LogP) is 3.74. The summed E-state index contributed by atoms with van der Waals surface area (Å²) in [6.45, 7) is 0. The van der Waals surface area contributed by atoms with Crippen molar-refractivity contribution in [3.05, 3.63) is 39.2 Å². The van der Waals surface area contributed by atoms with E-state index in [0.717, 1.165) is 4.47 Å². The van der Waals surface area contributed by atoms with E-state index in [9.17, 15) is 4.39 Å². The summed E-state index contributed by atoms with van der Waals surface area (Å²) in [4.78, 5) is 0. The quantitative estimate of drug-likeness (QED) is 0.852. The van der Waals surface area contributed by atoms with Crippen molar-refractivity contribution in [2.45, 2.75) is 0 Å². The summed E-state index contributed by atoms with van der Waals surface area (Å²) in [5.41, 5.74) is 1.04. The van der Waals surface area contributed by atoms with E-state index in [2.05, 4.69) is 42.1 Å².